The quantitative estimate of drug-likeness (QED) is 0.791. The van der Waals surface area contributed by atoms with Crippen molar-refractivity contribution in [1.82, 2.24) is 9.78 Å². The number of hydrogen-bond acceptors (Lipinski definition) is 2. The van der Waals surface area contributed by atoms with Gasteiger partial charge in [0.1, 0.15) is 5.82 Å². The second kappa shape index (κ2) is 5.44. The zero-order chi connectivity index (χ0) is 14.8. The van der Waals surface area contributed by atoms with Gasteiger partial charge in [-0.2, -0.15) is 5.10 Å². The molecule has 106 valence electrons. The second-order valence-corrected chi connectivity index (χ2v) is 5.47. The summed E-state index contributed by atoms with van der Waals surface area (Å²) in [7, 11) is 0. The van der Waals surface area contributed by atoms with E-state index < -0.39 is 0 Å². The van der Waals surface area contributed by atoms with Gasteiger partial charge in [-0.15, -0.1) is 0 Å². The Morgan fingerprint density at radius 1 is 0.952 bits per heavy atom. The highest BCUT2D eigenvalue weighted by Crippen LogP contribution is 2.22. The Bertz CT molecular complexity index is 754. The van der Waals surface area contributed by atoms with Crippen molar-refractivity contribution >= 4 is 5.82 Å². The van der Waals surface area contributed by atoms with Gasteiger partial charge in [0.2, 0.25) is 0 Å². The van der Waals surface area contributed by atoms with Crippen LogP contribution in [0.5, 0.6) is 0 Å². The molecule has 0 fully saturated rings. The highest BCUT2D eigenvalue weighted by molar-refractivity contribution is 5.63. The van der Waals surface area contributed by atoms with E-state index in [1.165, 1.54) is 16.7 Å². The van der Waals surface area contributed by atoms with E-state index >= 15 is 0 Å². The third kappa shape index (κ3) is 2.97. The van der Waals surface area contributed by atoms with Crippen LogP contribution in [0.15, 0.2) is 54.6 Å². The van der Waals surface area contributed by atoms with E-state index in [0.717, 1.165) is 11.3 Å². The summed E-state index contributed by atoms with van der Waals surface area (Å²) in [6.07, 6.45) is 0. The van der Waals surface area contributed by atoms with Crippen molar-refractivity contribution in [3.05, 3.63) is 71.3 Å². The van der Waals surface area contributed by atoms with Crippen LogP contribution in [-0.4, -0.2) is 9.78 Å². The Morgan fingerprint density at radius 2 is 1.71 bits per heavy atom. The largest absolute Gasteiger partial charge is 0.384 e. The van der Waals surface area contributed by atoms with Gasteiger partial charge in [0.25, 0.3) is 0 Å². The van der Waals surface area contributed by atoms with E-state index in [0.29, 0.717) is 12.4 Å². The van der Waals surface area contributed by atoms with Gasteiger partial charge in [0, 0.05) is 11.6 Å². The molecule has 0 aliphatic carbocycles. The van der Waals surface area contributed by atoms with Gasteiger partial charge in [-0.1, -0.05) is 53.6 Å². The fourth-order valence-electron chi connectivity index (χ4n) is 2.37. The molecule has 2 aromatic carbocycles. The lowest BCUT2D eigenvalue weighted by Gasteiger charge is -2.04. The molecule has 3 aromatic rings. The topological polar surface area (TPSA) is 43.8 Å². The summed E-state index contributed by atoms with van der Waals surface area (Å²) in [5.41, 5.74) is 11.8. The summed E-state index contributed by atoms with van der Waals surface area (Å²) < 4.78 is 1.85. The molecule has 0 aliphatic rings. The van der Waals surface area contributed by atoms with Crippen LogP contribution in [0.3, 0.4) is 0 Å². The number of hydrogen-bond donors (Lipinski definition) is 1. The minimum absolute atomic E-state index is 0.687. The van der Waals surface area contributed by atoms with Crippen molar-refractivity contribution in [2.45, 2.75) is 20.4 Å². The first-order valence-corrected chi connectivity index (χ1v) is 7.08. The van der Waals surface area contributed by atoms with Crippen molar-refractivity contribution in [2.24, 2.45) is 0 Å². The third-order valence-electron chi connectivity index (χ3n) is 3.58. The highest BCUT2D eigenvalue weighted by Gasteiger charge is 2.07. The summed E-state index contributed by atoms with van der Waals surface area (Å²) in [6.45, 7) is 4.86. The minimum atomic E-state index is 0.687. The number of aryl methyl sites for hydroxylation is 2. The molecular weight excluding hydrogens is 258 g/mol. The Hall–Kier alpha value is -2.55. The Kier molecular flexibility index (Phi) is 3.48. The molecule has 21 heavy (non-hydrogen) atoms. The normalized spacial score (nSPS) is 10.8. The van der Waals surface area contributed by atoms with Crippen LogP contribution in [0, 0.1) is 13.8 Å². The molecular formula is C18H19N3. The standard InChI is InChI=1S/C18H19N3/c1-13-6-8-15(9-7-13)12-21-18(19)11-17(20-21)16-5-3-4-14(2)10-16/h3-11H,12,19H2,1-2H3. The van der Waals surface area contributed by atoms with Crippen molar-refractivity contribution < 1.29 is 0 Å². The molecule has 0 saturated heterocycles. The number of nitrogens with two attached hydrogens (primary N) is 1. The maximum atomic E-state index is 6.09. The number of anilines is 1. The monoisotopic (exact) mass is 277 g/mol. The number of nitrogen functional groups attached to an aromatic ring is 1. The van der Waals surface area contributed by atoms with Crippen LogP contribution in [0.4, 0.5) is 5.82 Å². The van der Waals surface area contributed by atoms with Crippen molar-refractivity contribution in [3.8, 4) is 11.3 Å². The fraction of sp³-hybridized carbons (Fsp3) is 0.167. The van der Waals surface area contributed by atoms with E-state index in [4.69, 9.17) is 5.73 Å². The number of rotatable bonds is 3. The Labute approximate surface area is 125 Å². The lowest BCUT2D eigenvalue weighted by molar-refractivity contribution is 0.699. The number of nitrogens with zero attached hydrogens (tertiary/aromatic N) is 2. The molecule has 0 radical (unpaired) electrons. The smallest absolute Gasteiger partial charge is 0.122 e. The number of aromatic nitrogens is 2. The molecule has 0 saturated carbocycles. The van der Waals surface area contributed by atoms with Crippen molar-refractivity contribution in [3.63, 3.8) is 0 Å². The van der Waals surface area contributed by atoms with Gasteiger partial charge in [-0.05, 0) is 25.5 Å². The van der Waals surface area contributed by atoms with E-state index in [1.54, 1.807) is 0 Å². The second-order valence-electron chi connectivity index (χ2n) is 5.47. The van der Waals surface area contributed by atoms with E-state index in [1.807, 2.05) is 16.8 Å². The van der Waals surface area contributed by atoms with Crippen LogP contribution in [0.1, 0.15) is 16.7 Å². The molecule has 1 aromatic heterocycles. The maximum absolute atomic E-state index is 6.09. The van der Waals surface area contributed by atoms with Crippen molar-refractivity contribution in [1.29, 1.82) is 0 Å². The predicted molar refractivity (Wildman–Crippen MR) is 87.1 cm³/mol. The van der Waals surface area contributed by atoms with Crippen LogP contribution in [0.2, 0.25) is 0 Å². The number of benzene rings is 2. The third-order valence-corrected chi connectivity index (χ3v) is 3.58. The van der Waals surface area contributed by atoms with E-state index in [9.17, 15) is 0 Å². The summed E-state index contributed by atoms with van der Waals surface area (Å²) in [5, 5.41) is 4.63. The molecule has 3 rings (SSSR count). The Morgan fingerprint density at radius 3 is 2.43 bits per heavy atom. The molecule has 3 heteroatoms. The van der Waals surface area contributed by atoms with Gasteiger partial charge in [0.05, 0.1) is 12.2 Å². The average molecular weight is 277 g/mol. The first-order chi connectivity index (χ1) is 10.1. The predicted octanol–water partition coefficient (Wildman–Crippen LogP) is 3.80. The summed E-state index contributed by atoms with van der Waals surface area (Å²) in [6, 6.07) is 18.7. The lowest BCUT2D eigenvalue weighted by Crippen LogP contribution is -2.05. The molecule has 2 N–H and O–H groups in total. The zero-order valence-corrected chi connectivity index (χ0v) is 12.4. The van der Waals surface area contributed by atoms with E-state index in [2.05, 4.69) is 61.4 Å². The van der Waals surface area contributed by atoms with Crippen LogP contribution in [0.25, 0.3) is 11.3 Å². The Balaban J connectivity index is 1.89. The molecule has 0 amide bonds. The first-order valence-electron chi connectivity index (χ1n) is 7.08. The van der Waals surface area contributed by atoms with Gasteiger partial charge < -0.3 is 5.73 Å². The first kappa shape index (κ1) is 13.4. The van der Waals surface area contributed by atoms with Crippen molar-refractivity contribution in [2.75, 3.05) is 5.73 Å². The molecule has 0 spiro atoms. The molecule has 0 aliphatic heterocycles. The maximum Gasteiger partial charge on any atom is 0.122 e. The van der Waals surface area contributed by atoms with Crippen LogP contribution >= 0.6 is 0 Å². The van der Waals surface area contributed by atoms with Crippen LogP contribution < -0.4 is 5.73 Å². The van der Waals surface area contributed by atoms with Gasteiger partial charge >= 0.3 is 0 Å². The average Bonchev–Trinajstić information content (AvgIpc) is 2.83. The fourth-order valence-corrected chi connectivity index (χ4v) is 2.37. The van der Waals surface area contributed by atoms with Gasteiger partial charge in [-0.3, -0.25) is 0 Å². The lowest BCUT2D eigenvalue weighted by atomic mass is 10.1. The zero-order valence-electron chi connectivity index (χ0n) is 12.4. The highest BCUT2D eigenvalue weighted by atomic mass is 15.3. The summed E-state index contributed by atoms with van der Waals surface area (Å²) >= 11 is 0. The molecule has 0 atom stereocenters. The summed E-state index contributed by atoms with van der Waals surface area (Å²) in [4.78, 5) is 0. The summed E-state index contributed by atoms with van der Waals surface area (Å²) in [5.74, 6) is 0.687. The van der Waals surface area contributed by atoms with E-state index in [-0.39, 0.29) is 0 Å². The van der Waals surface area contributed by atoms with Gasteiger partial charge in [0.15, 0.2) is 0 Å². The molecule has 0 bridgehead atoms. The minimum Gasteiger partial charge on any atom is -0.384 e. The van der Waals surface area contributed by atoms with Crippen LogP contribution in [-0.2, 0) is 6.54 Å². The molecule has 3 nitrogen and oxygen atoms in total. The molecule has 1 heterocycles. The SMILES string of the molecule is Cc1ccc(Cn2nc(-c3cccc(C)c3)cc2N)cc1. The molecule has 0 unspecified atom stereocenters. The van der Waals surface area contributed by atoms with Gasteiger partial charge in [-0.25, -0.2) is 4.68 Å².